The number of aliphatic carboxylic acids is 1. The first-order valence-electron chi connectivity index (χ1n) is 29.6. The number of H-pyrrole nitrogens is 1. The molecule has 5 aromatic rings. The number of carbonyl (C=O) groups excluding carboxylic acids is 10. The molecule has 4 aromatic carbocycles. The van der Waals surface area contributed by atoms with Crippen LogP contribution in [0.25, 0.3) is 10.9 Å². The fourth-order valence-corrected chi connectivity index (χ4v) is 10.7. The monoisotopic (exact) mass is 1230 g/mol. The number of amides is 10. The van der Waals surface area contributed by atoms with Gasteiger partial charge < -0.3 is 77.7 Å². The molecule has 474 valence electrons. The number of nitrogens with zero attached hydrogens (tertiary/aromatic N) is 2. The van der Waals surface area contributed by atoms with E-state index in [1.165, 1.54) is 55.6 Å². The Labute approximate surface area is 513 Å². The lowest BCUT2D eigenvalue weighted by Gasteiger charge is -2.31. The summed E-state index contributed by atoms with van der Waals surface area (Å²) in [6.07, 6.45) is 1.65. The number of fused-ring (bicyclic) bond motifs is 2. The number of aromatic nitrogens is 1. The number of aromatic hydroxyl groups is 2. The maximum absolute atomic E-state index is 14.9. The Morgan fingerprint density at radius 1 is 0.551 bits per heavy atom. The third-order valence-corrected chi connectivity index (χ3v) is 15.7. The van der Waals surface area contributed by atoms with E-state index in [4.69, 9.17) is 0 Å². The van der Waals surface area contributed by atoms with Crippen LogP contribution in [0.5, 0.6) is 11.5 Å². The van der Waals surface area contributed by atoms with E-state index >= 15 is 0 Å². The quantitative estimate of drug-likeness (QED) is 0.0590. The van der Waals surface area contributed by atoms with E-state index in [2.05, 4.69) is 47.5 Å². The Morgan fingerprint density at radius 2 is 1.08 bits per heavy atom. The van der Waals surface area contributed by atoms with Gasteiger partial charge in [-0.2, -0.15) is 0 Å². The van der Waals surface area contributed by atoms with Crippen molar-refractivity contribution in [1.29, 1.82) is 0 Å². The number of phenols is 2. The van der Waals surface area contributed by atoms with Crippen molar-refractivity contribution in [2.24, 2.45) is 0 Å². The summed E-state index contributed by atoms with van der Waals surface area (Å²) in [6.45, 7) is -0.317. The number of likely N-dealkylation sites (N-methyl/N-ethyl adjacent to an activating group) is 1. The minimum absolute atomic E-state index is 0.0293. The maximum Gasteiger partial charge on any atom is 0.305 e. The molecule has 13 N–H and O–H groups in total. The number of carboxylic acids is 1. The van der Waals surface area contributed by atoms with Crippen molar-refractivity contribution in [1.82, 2.24) is 57.3 Å². The van der Waals surface area contributed by atoms with E-state index < -0.39 is 139 Å². The average molecular weight is 1230 g/mol. The third kappa shape index (κ3) is 19.1. The predicted octanol–water partition coefficient (Wildman–Crippen LogP) is 0.260. The first-order chi connectivity index (χ1) is 42.7. The maximum atomic E-state index is 14.9. The highest BCUT2D eigenvalue weighted by Crippen LogP contribution is 2.23. The molecule has 26 nitrogen and oxygen atoms in total. The zero-order valence-corrected chi connectivity index (χ0v) is 49.5. The summed E-state index contributed by atoms with van der Waals surface area (Å²) in [4.78, 5) is 162. The second-order valence-electron chi connectivity index (χ2n) is 22.2. The van der Waals surface area contributed by atoms with Gasteiger partial charge in [0.15, 0.2) is 0 Å². The standard InChI is InChI=1S/C63H77N11O15/c1-3-4-6-16-45-58(84)70-49(32-40-34-64-44-15-10-9-14-43(40)44)57(83)65-35-53(78)67-47(29-38-18-22-41(76)23-19-38)59(85)72-50(33-55(80)81)63(89)74-27-11-17-51(74)61(87)69-46(26-28-75)56(82)66-36-54(79)73(2)52(31-37-12-7-5-8-13-37)62(88)71-48(60(86)68-45)30-39-20-24-42(77)25-21-39/h5,7-10,12-15,18-25,34,45-52,64,75-77H,3-4,6,11,16-17,26-33,35-36H2,1-2H3,(H,65,83)(H,66,82)(H,67,78)(H,68,86)(H,69,87)(H,70,84)(H,71,88)(H,72,85)(H,80,81)/t45-,46-,47-,48-,49-,50-,51+,52-/m0/s1. The molecule has 0 radical (unpaired) electrons. The van der Waals surface area contributed by atoms with Crippen LogP contribution < -0.4 is 42.5 Å². The molecule has 89 heavy (non-hydrogen) atoms. The van der Waals surface area contributed by atoms with Crippen LogP contribution in [-0.2, 0) is 78.4 Å². The Kier molecular flexibility index (Phi) is 24.1. The van der Waals surface area contributed by atoms with Crippen molar-refractivity contribution < 1.29 is 73.2 Å². The minimum atomic E-state index is -1.82. The highest BCUT2D eigenvalue weighted by atomic mass is 16.4. The van der Waals surface area contributed by atoms with Gasteiger partial charge in [-0.05, 0) is 78.3 Å². The van der Waals surface area contributed by atoms with E-state index in [0.717, 1.165) is 9.80 Å². The fourth-order valence-electron chi connectivity index (χ4n) is 10.7. The summed E-state index contributed by atoms with van der Waals surface area (Å²) in [5, 5.41) is 61.9. The van der Waals surface area contributed by atoms with Gasteiger partial charge in [0.2, 0.25) is 59.1 Å². The number of aliphatic hydroxyl groups excluding tert-OH is 1. The number of aromatic amines is 1. The topological polar surface area (TPSA) is 387 Å². The first kappa shape index (κ1) is 66.7. The van der Waals surface area contributed by atoms with Crippen LogP contribution in [0.1, 0.15) is 80.5 Å². The summed E-state index contributed by atoms with van der Waals surface area (Å²) in [5.74, 6) is -10.6. The van der Waals surface area contributed by atoms with Crippen LogP contribution in [0.3, 0.4) is 0 Å². The molecule has 2 saturated heterocycles. The molecule has 2 aliphatic rings. The van der Waals surface area contributed by atoms with Gasteiger partial charge >= 0.3 is 5.97 Å². The molecule has 10 amide bonds. The number of para-hydroxylation sites is 1. The van der Waals surface area contributed by atoms with Crippen LogP contribution in [0.15, 0.2) is 109 Å². The van der Waals surface area contributed by atoms with Gasteiger partial charge in [-0.3, -0.25) is 52.7 Å². The smallest absolute Gasteiger partial charge is 0.305 e. The molecule has 0 bridgehead atoms. The molecule has 0 aliphatic carbocycles. The molecule has 26 heteroatoms. The first-order valence-corrected chi connectivity index (χ1v) is 29.6. The molecule has 8 atom stereocenters. The lowest BCUT2D eigenvalue weighted by Crippen LogP contribution is -2.60. The number of carbonyl (C=O) groups is 11. The van der Waals surface area contributed by atoms with Gasteiger partial charge in [-0.1, -0.05) is 99.0 Å². The van der Waals surface area contributed by atoms with Gasteiger partial charge in [0, 0.05) is 63.0 Å². The average Bonchev–Trinajstić information content (AvgIpc) is 4.39. The molecular formula is C63H77N11O15. The van der Waals surface area contributed by atoms with Crippen molar-refractivity contribution in [3.8, 4) is 11.5 Å². The summed E-state index contributed by atoms with van der Waals surface area (Å²) < 4.78 is 0. The summed E-state index contributed by atoms with van der Waals surface area (Å²) in [7, 11) is 1.32. The molecular weight excluding hydrogens is 1150 g/mol. The van der Waals surface area contributed by atoms with E-state index in [9.17, 15) is 73.2 Å². The number of aliphatic hydroxyl groups is 1. The van der Waals surface area contributed by atoms with Crippen LogP contribution in [0, 0.1) is 0 Å². The lowest BCUT2D eigenvalue weighted by atomic mass is 10.00. The van der Waals surface area contributed by atoms with Crippen molar-refractivity contribution in [3.63, 3.8) is 0 Å². The second-order valence-corrected chi connectivity index (χ2v) is 22.2. The van der Waals surface area contributed by atoms with Gasteiger partial charge in [0.25, 0.3) is 0 Å². The summed E-state index contributed by atoms with van der Waals surface area (Å²) in [6, 6.07) is 15.5. The number of rotatable bonds is 16. The largest absolute Gasteiger partial charge is 0.508 e. The van der Waals surface area contributed by atoms with Crippen LogP contribution in [0.2, 0.25) is 0 Å². The van der Waals surface area contributed by atoms with Gasteiger partial charge in [-0.25, -0.2) is 0 Å². The number of carboxylic acid groups (broad SMARTS) is 1. The van der Waals surface area contributed by atoms with Crippen molar-refractivity contribution in [3.05, 3.63) is 132 Å². The number of hydrogen-bond donors (Lipinski definition) is 13. The molecule has 2 fully saturated rings. The predicted molar refractivity (Wildman–Crippen MR) is 323 cm³/mol. The number of benzene rings is 4. The Bertz CT molecular complexity index is 3320. The van der Waals surface area contributed by atoms with Crippen LogP contribution >= 0.6 is 0 Å². The molecule has 2 aliphatic heterocycles. The molecule has 0 spiro atoms. The van der Waals surface area contributed by atoms with E-state index in [1.807, 2.05) is 13.0 Å². The summed E-state index contributed by atoms with van der Waals surface area (Å²) in [5.41, 5.74) is 2.77. The fraction of sp³-hybridized carbons (Fsp3) is 0.413. The summed E-state index contributed by atoms with van der Waals surface area (Å²) >= 11 is 0. The van der Waals surface area contributed by atoms with Gasteiger partial charge in [-0.15, -0.1) is 0 Å². The van der Waals surface area contributed by atoms with Crippen molar-refractivity contribution >= 4 is 75.9 Å². The zero-order valence-electron chi connectivity index (χ0n) is 49.5. The third-order valence-electron chi connectivity index (χ3n) is 15.7. The zero-order chi connectivity index (χ0) is 64.1. The van der Waals surface area contributed by atoms with Crippen molar-refractivity contribution in [2.45, 2.75) is 132 Å². The van der Waals surface area contributed by atoms with E-state index in [0.29, 0.717) is 52.4 Å². The van der Waals surface area contributed by atoms with E-state index in [-0.39, 0.29) is 69.4 Å². The van der Waals surface area contributed by atoms with Crippen LogP contribution in [0.4, 0.5) is 0 Å². The lowest BCUT2D eigenvalue weighted by molar-refractivity contribution is -0.146. The Hall–Kier alpha value is -9.85. The molecule has 7 rings (SSSR count). The van der Waals surface area contributed by atoms with Gasteiger partial charge in [0.05, 0.1) is 19.5 Å². The Balaban J connectivity index is 1.27. The molecule has 3 heterocycles. The second kappa shape index (κ2) is 32.2. The highest BCUT2D eigenvalue weighted by molar-refractivity contribution is 6.00. The normalized spacial score (nSPS) is 22.8. The number of hydrogen-bond acceptors (Lipinski definition) is 14. The SMILES string of the molecule is CCCCC[C@@H]1NC(=O)[C@H](Cc2ccc(O)cc2)NC(=O)[C@H](Cc2ccccc2)N(C)C(=O)CNC(=O)[C@H](CCO)NC(=O)[C@H]2CCCN2C(=O)[C@H](CC(=O)O)NC(=O)[C@H](Cc2ccc(O)cc2)NC(=O)CNC(=O)[C@H](Cc2c[nH]c3ccccc23)NC1=O. The number of phenolic OH excluding ortho intramolecular Hbond substituents is 2. The highest BCUT2D eigenvalue weighted by Gasteiger charge is 2.41. The molecule has 0 unspecified atom stereocenters. The van der Waals surface area contributed by atoms with Crippen molar-refractivity contribution in [2.75, 3.05) is 33.3 Å². The molecule has 0 saturated carbocycles. The van der Waals surface area contributed by atoms with Crippen LogP contribution in [-0.4, -0.2) is 182 Å². The number of nitrogens with one attached hydrogen (secondary N) is 9. The minimum Gasteiger partial charge on any atom is -0.508 e. The van der Waals surface area contributed by atoms with Gasteiger partial charge in [0.1, 0.15) is 59.8 Å². The number of unbranched alkanes of at least 4 members (excludes halogenated alkanes) is 2. The Morgan fingerprint density at radius 3 is 1.72 bits per heavy atom. The molecule has 1 aromatic heterocycles. The van der Waals surface area contributed by atoms with E-state index in [1.54, 1.807) is 54.7 Å².